The Balaban J connectivity index is 1.62. The van der Waals surface area contributed by atoms with Crippen LogP contribution in [0.1, 0.15) is 76.5 Å². The minimum absolute atomic E-state index is 0.102. The smallest absolute Gasteiger partial charge is 0.247 e. The maximum Gasteiger partial charge on any atom is 0.247 e. The van der Waals surface area contributed by atoms with Crippen LogP contribution in [0, 0.1) is 0 Å². The Bertz CT molecular complexity index is 1030. The van der Waals surface area contributed by atoms with Gasteiger partial charge in [0.15, 0.2) is 0 Å². The van der Waals surface area contributed by atoms with E-state index in [-0.39, 0.29) is 29.7 Å². The van der Waals surface area contributed by atoms with E-state index < -0.39 is 23.8 Å². The van der Waals surface area contributed by atoms with Crippen molar-refractivity contribution in [3.63, 3.8) is 0 Å². The molecular weight excluding hydrogens is 458 g/mol. The molecule has 2 saturated heterocycles. The summed E-state index contributed by atoms with van der Waals surface area (Å²) in [6, 6.07) is 6.16. The number of aryl methyl sites for hydroxylation is 1. The molecule has 9 heteroatoms. The Hall–Kier alpha value is -2.94. The third kappa shape index (κ3) is 4.85. The maximum absolute atomic E-state index is 14.0. The highest BCUT2D eigenvalue weighted by molar-refractivity contribution is 5.94. The van der Waals surface area contributed by atoms with Gasteiger partial charge in [-0.25, -0.2) is 0 Å². The van der Waals surface area contributed by atoms with E-state index in [1.807, 2.05) is 19.1 Å². The van der Waals surface area contributed by atoms with E-state index in [1.165, 1.54) is 12.5 Å². The minimum Gasteiger partial charge on any atom is -0.347 e. The van der Waals surface area contributed by atoms with Gasteiger partial charge in [-0.3, -0.25) is 19.2 Å². The molecule has 4 amide bonds. The van der Waals surface area contributed by atoms with Gasteiger partial charge in [-0.1, -0.05) is 24.3 Å². The Morgan fingerprint density at radius 1 is 1.06 bits per heavy atom. The van der Waals surface area contributed by atoms with Crippen molar-refractivity contribution in [1.82, 2.24) is 25.8 Å². The standard InChI is InChI=1S/C27H39N5O4/c1-17(28-4)24(34)30-22-13-8-16-31(18(2)33)27(3)15-14-23(32(27)26(22)36)25(35)29-21-12-7-10-19-9-5-6-11-20(19)21/h5-6,9,11,17,21-23,28H,7-8,10,12-16H2,1-4H3,(H,29,35)(H,30,34)/t17-,21?,22-,23?,27?/m0/s1. The fourth-order valence-electron chi connectivity index (χ4n) is 6.12. The van der Waals surface area contributed by atoms with Crippen LogP contribution in [-0.4, -0.2) is 70.8 Å². The molecule has 5 atom stereocenters. The summed E-state index contributed by atoms with van der Waals surface area (Å²) in [6.45, 7) is 5.58. The van der Waals surface area contributed by atoms with Gasteiger partial charge in [0.25, 0.3) is 0 Å². The Morgan fingerprint density at radius 3 is 2.50 bits per heavy atom. The first-order valence-corrected chi connectivity index (χ1v) is 13.1. The Morgan fingerprint density at radius 2 is 1.78 bits per heavy atom. The highest BCUT2D eigenvalue weighted by Gasteiger charge is 2.54. The molecule has 1 aromatic rings. The molecule has 3 aliphatic rings. The first-order valence-electron chi connectivity index (χ1n) is 13.1. The van der Waals surface area contributed by atoms with Gasteiger partial charge >= 0.3 is 0 Å². The van der Waals surface area contributed by atoms with Crippen molar-refractivity contribution in [2.75, 3.05) is 13.6 Å². The van der Waals surface area contributed by atoms with Gasteiger partial charge in [0.2, 0.25) is 23.6 Å². The maximum atomic E-state index is 14.0. The largest absolute Gasteiger partial charge is 0.347 e. The van der Waals surface area contributed by atoms with Gasteiger partial charge in [0, 0.05) is 13.5 Å². The van der Waals surface area contributed by atoms with Crippen LogP contribution in [0.2, 0.25) is 0 Å². The van der Waals surface area contributed by atoms with Crippen molar-refractivity contribution in [3.05, 3.63) is 35.4 Å². The second kappa shape index (κ2) is 10.6. The summed E-state index contributed by atoms with van der Waals surface area (Å²) in [4.78, 5) is 56.3. The summed E-state index contributed by atoms with van der Waals surface area (Å²) in [5.41, 5.74) is 1.46. The number of rotatable bonds is 5. The van der Waals surface area contributed by atoms with E-state index in [0.29, 0.717) is 32.2 Å². The lowest BCUT2D eigenvalue weighted by molar-refractivity contribution is -0.162. The Labute approximate surface area is 213 Å². The van der Waals surface area contributed by atoms with Crippen molar-refractivity contribution in [2.24, 2.45) is 0 Å². The number of carbonyl (C=O) groups is 4. The number of hydrogen-bond acceptors (Lipinski definition) is 5. The lowest BCUT2D eigenvalue weighted by Gasteiger charge is -2.48. The monoisotopic (exact) mass is 497 g/mol. The van der Waals surface area contributed by atoms with E-state index in [9.17, 15) is 19.2 Å². The molecule has 0 saturated carbocycles. The predicted octanol–water partition coefficient (Wildman–Crippen LogP) is 1.62. The molecule has 2 heterocycles. The molecule has 196 valence electrons. The van der Waals surface area contributed by atoms with Crippen molar-refractivity contribution in [1.29, 1.82) is 0 Å². The fourth-order valence-corrected chi connectivity index (χ4v) is 6.12. The molecular formula is C27H39N5O4. The molecule has 9 nitrogen and oxygen atoms in total. The molecule has 0 radical (unpaired) electrons. The van der Waals surface area contributed by atoms with E-state index >= 15 is 0 Å². The molecule has 3 unspecified atom stereocenters. The predicted molar refractivity (Wildman–Crippen MR) is 136 cm³/mol. The summed E-state index contributed by atoms with van der Waals surface area (Å²) in [5, 5.41) is 9.00. The number of nitrogens with one attached hydrogen (secondary N) is 3. The van der Waals surface area contributed by atoms with Crippen LogP contribution in [0.5, 0.6) is 0 Å². The summed E-state index contributed by atoms with van der Waals surface area (Å²) in [6.07, 6.45) is 4.79. The summed E-state index contributed by atoms with van der Waals surface area (Å²) < 4.78 is 0. The topological polar surface area (TPSA) is 111 Å². The fraction of sp³-hybridized carbons (Fsp3) is 0.630. The zero-order chi connectivity index (χ0) is 26.0. The minimum atomic E-state index is -0.923. The number of carbonyl (C=O) groups excluding carboxylic acids is 4. The van der Waals surface area contributed by atoms with Gasteiger partial charge in [-0.05, 0) is 77.0 Å². The number of benzene rings is 1. The normalized spacial score (nSPS) is 28.9. The second-order valence-corrected chi connectivity index (χ2v) is 10.5. The van der Waals surface area contributed by atoms with Crippen molar-refractivity contribution in [3.8, 4) is 0 Å². The van der Waals surface area contributed by atoms with E-state index in [4.69, 9.17) is 0 Å². The molecule has 4 rings (SSSR count). The number of fused-ring (bicyclic) bond motifs is 2. The quantitative estimate of drug-likeness (QED) is 0.573. The lowest BCUT2D eigenvalue weighted by Crippen LogP contribution is -2.67. The summed E-state index contributed by atoms with van der Waals surface area (Å²) in [5.74, 6) is -0.891. The van der Waals surface area contributed by atoms with Crippen LogP contribution in [0.3, 0.4) is 0 Å². The zero-order valence-electron chi connectivity index (χ0n) is 21.8. The molecule has 0 bridgehead atoms. The molecule has 3 N–H and O–H groups in total. The van der Waals surface area contributed by atoms with Gasteiger partial charge in [0.05, 0.1) is 12.1 Å². The summed E-state index contributed by atoms with van der Waals surface area (Å²) >= 11 is 0. The third-order valence-electron chi connectivity index (χ3n) is 8.23. The van der Waals surface area contributed by atoms with Crippen LogP contribution < -0.4 is 16.0 Å². The van der Waals surface area contributed by atoms with Crippen LogP contribution >= 0.6 is 0 Å². The average molecular weight is 498 g/mol. The van der Waals surface area contributed by atoms with Gasteiger partial charge in [0.1, 0.15) is 17.7 Å². The SMILES string of the molecule is CN[C@@H](C)C(=O)N[C@H]1CCCN(C(C)=O)C2(C)CCC(C(=O)NC3CCCc4ccccc43)N2C1=O. The van der Waals surface area contributed by atoms with Gasteiger partial charge < -0.3 is 25.8 Å². The molecule has 0 aromatic heterocycles. The molecule has 36 heavy (non-hydrogen) atoms. The molecule has 1 aromatic carbocycles. The third-order valence-corrected chi connectivity index (χ3v) is 8.23. The first kappa shape index (κ1) is 26.1. The molecule has 2 fully saturated rings. The van der Waals surface area contributed by atoms with E-state index in [1.54, 1.807) is 23.8 Å². The average Bonchev–Trinajstić information content (AvgIpc) is 3.21. The van der Waals surface area contributed by atoms with E-state index in [2.05, 4.69) is 28.1 Å². The molecule has 0 spiro atoms. The molecule has 1 aliphatic carbocycles. The highest BCUT2D eigenvalue weighted by atomic mass is 16.2. The van der Waals surface area contributed by atoms with Crippen molar-refractivity contribution >= 4 is 23.6 Å². The number of likely N-dealkylation sites (N-methyl/N-ethyl adjacent to an activating group) is 1. The highest BCUT2D eigenvalue weighted by Crippen LogP contribution is 2.40. The van der Waals surface area contributed by atoms with Crippen LogP contribution in [0.15, 0.2) is 24.3 Å². The van der Waals surface area contributed by atoms with Crippen LogP contribution in [0.4, 0.5) is 0 Å². The van der Waals surface area contributed by atoms with Crippen molar-refractivity contribution in [2.45, 2.75) is 95.5 Å². The lowest BCUT2D eigenvalue weighted by atomic mass is 9.87. The number of nitrogens with zero attached hydrogens (tertiary/aromatic N) is 2. The molecule has 2 aliphatic heterocycles. The van der Waals surface area contributed by atoms with E-state index in [0.717, 1.165) is 24.8 Å². The van der Waals surface area contributed by atoms with Gasteiger partial charge in [-0.2, -0.15) is 0 Å². The van der Waals surface area contributed by atoms with Crippen LogP contribution in [0.25, 0.3) is 0 Å². The van der Waals surface area contributed by atoms with Crippen LogP contribution in [-0.2, 0) is 25.6 Å². The number of hydrogen-bond donors (Lipinski definition) is 3. The van der Waals surface area contributed by atoms with Crippen molar-refractivity contribution < 1.29 is 19.2 Å². The first-order chi connectivity index (χ1) is 17.2. The zero-order valence-corrected chi connectivity index (χ0v) is 21.8. The van der Waals surface area contributed by atoms with Gasteiger partial charge in [-0.15, -0.1) is 0 Å². The summed E-state index contributed by atoms with van der Waals surface area (Å²) in [7, 11) is 1.69. The Kier molecular flexibility index (Phi) is 7.68. The second-order valence-electron chi connectivity index (χ2n) is 10.5. The number of amides is 4.